The summed E-state index contributed by atoms with van der Waals surface area (Å²) in [6, 6.07) is 16.5. The van der Waals surface area contributed by atoms with Crippen LogP contribution in [0.2, 0.25) is 0 Å². The molecule has 0 bridgehead atoms. The van der Waals surface area contributed by atoms with E-state index in [1.165, 1.54) is 0 Å². The van der Waals surface area contributed by atoms with Crippen molar-refractivity contribution in [2.75, 3.05) is 45.3 Å². The van der Waals surface area contributed by atoms with E-state index in [2.05, 4.69) is 55.7 Å². The number of piperazine rings is 1. The van der Waals surface area contributed by atoms with Gasteiger partial charge in [-0.1, -0.05) is 58.0 Å². The molecule has 0 radical (unpaired) electrons. The molecule has 0 amide bonds. The van der Waals surface area contributed by atoms with Crippen LogP contribution in [0.1, 0.15) is 33.3 Å². The lowest BCUT2D eigenvalue weighted by Gasteiger charge is -2.72. The Hall–Kier alpha value is -2.24. The fraction of sp³-hybridized carbons (Fsp3) is 0.538. The number of benzene rings is 2. The van der Waals surface area contributed by atoms with Crippen LogP contribution in [0.5, 0.6) is 11.5 Å². The first kappa shape index (κ1) is 22.0. The minimum Gasteiger partial charge on any atom is -0.497 e. The molecule has 4 rings (SSSR count). The Morgan fingerprint density at radius 3 is 2.00 bits per heavy atom. The molecule has 5 nitrogen and oxygen atoms in total. The van der Waals surface area contributed by atoms with Gasteiger partial charge < -0.3 is 19.5 Å². The lowest BCUT2D eigenvalue weighted by Crippen LogP contribution is -2.79. The van der Waals surface area contributed by atoms with Gasteiger partial charge in [0.2, 0.25) is 0 Å². The molecule has 1 aliphatic heterocycles. The van der Waals surface area contributed by atoms with Gasteiger partial charge >= 0.3 is 0 Å². The fourth-order valence-electron chi connectivity index (χ4n) is 6.65. The van der Waals surface area contributed by atoms with Gasteiger partial charge in [0.15, 0.2) is 0 Å². The quantitative estimate of drug-likeness (QED) is 0.781. The number of methoxy groups -OCH3 is 2. The molecule has 2 aromatic rings. The maximum atomic E-state index is 11.9. The normalized spacial score (nSPS) is 27.5. The third-order valence-electron chi connectivity index (χ3n) is 7.83. The van der Waals surface area contributed by atoms with E-state index in [0.29, 0.717) is 6.04 Å². The second kappa shape index (κ2) is 7.72. The predicted octanol–water partition coefficient (Wildman–Crippen LogP) is 4.15. The molecular formula is C26H36N2O3. The van der Waals surface area contributed by atoms with Crippen molar-refractivity contribution < 1.29 is 14.6 Å². The minimum atomic E-state index is -0.859. The van der Waals surface area contributed by atoms with Gasteiger partial charge in [0, 0.05) is 49.1 Å². The van der Waals surface area contributed by atoms with Crippen LogP contribution < -0.4 is 14.4 Å². The zero-order valence-electron chi connectivity index (χ0n) is 19.7. The summed E-state index contributed by atoms with van der Waals surface area (Å²) in [5.74, 6) is 1.65. The molecule has 0 spiro atoms. The molecule has 2 aliphatic rings. The molecule has 1 saturated carbocycles. The maximum absolute atomic E-state index is 11.9. The topological polar surface area (TPSA) is 45.2 Å². The van der Waals surface area contributed by atoms with Gasteiger partial charge in [-0.05, 0) is 17.7 Å². The summed E-state index contributed by atoms with van der Waals surface area (Å²) in [5.41, 5.74) is 0.761. The molecule has 0 aromatic heterocycles. The highest BCUT2D eigenvalue weighted by molar-refractivity contribution is 5.61. The molecule has 1 heterocycles. The second-order valence-electron chi connectivity index (χ2n) is 9.98. The lowest BCUT2D eigenvalue weighted by atomic mass is 9.39. The molecule has 168 valence electrons. The highest BCUT2D eigenvalue weighted by atomic mass is 16.5. The average molecular weight is 425 g/mol. The van der Waals surface area contributed by atoms with Crippen molar-refractivity contribution >= 4 is 5.69 Å². The van der Waals surface area contributed by atoms with Crippen LogP contribution in [0, 0.1) is 10.8 Å². The van der Waals surface area contributed by atoms with Crippen LogP contribution >= 0.6 is 0 Å². The number of rotatable bonds is 5. The van der Waals surface area contributed by atoms with E-state index in [9.17, 15) is 5.11 Å². The number of hydrogen-bond acceptors (Lipinski definition) is 5. The Morgan fingerprint density at radius 2 is 1.45 bits per heavy atom. The Balaban J connectivity index is 1.52. The van der Waals surface area contributed by atoms with Crippen molar-refractivity contribution in [1.29, 1.82) is 0 Å². The van der Waals surface area contributed by atoms with Crippen LogP contribution in [-0.4, -0.2) is 56.4 Å². The molecular weight excluding hydrogens is 388 g/mol. The Labute approximate surface area is 186 Å². The Morgan fingerprint density at radius 1 is 0.839 bits per heavy atom. The van der Waals surface area contributed by atoms with Crippen LogP contribution in [0.25, 0.3) is 0 Å². The summed E-state index contributed by atoms with van der Waals surface area (Å²) in [4.78, 5) is 4.96. The van der Waals surface area contributed by atoms with Gasteiger partial charge in [0.05, 0.1) is 19.9 Å². The summed E-state index contributed by atoms with van der Waals surface area (Å²) in [5, 5.41) is 11.9. The summed E-state index contributed by atoms with van der Waals surface area (Å²) in [7, 11) is 3.38. The van der Waals surface area contributed by atoms with Gasteiger partial charge in [0.25, 0.3) is 0 Å². The van der Waals surface area contributed by atoms with Gasteiger partial charge in [-0.3, -0.25) is 4.90 Å². The molecule has 1 N–H and O–H groups in total. The largest absolute Gasteiger partial charge is 0.497 e. The molecule has 2 fully saturated rings. The number of ether oxygens (including phenoxy) is 2. The molecule has 31 heavy (non-hydrogen) atoms. The third-order valence-corrected chi connectivity index (χ3v) is 7.83. The fourth-order valence-corrected chi connectivity index (χ4v) is 6.65. The highest BCUT2D eigenvalue weighted by Crippen LogP contribution is 2.68. The van der Waals surface area contributed by atoms with Crippen LogP contribution in [0.4, 0.5) is 5.69 Å². The van der Waals surface area contributed by atoms with Crippen molar-refractivity contribution in [3.8, 4) is 11.5 Å². The van der Waals surface area contributed by atoms with Gasteiger partial charge in [-0.15, -0.1) is 0 Å². The molecule has 0 unspecified atom stereocenters. The molecule has 1 aliphatic carbocycles. The maximum Gasteiger partial charge on any atom is 0.145 e. The van der Waals surface area contributed by atoms with Gasteiger partial charge in [0.1, 0.15) is 17.1 Å². The summed E-state index contributed by atoms with van der Waals surface area (Å²) < 4.78 is 11.0. The van der Waals surface area contributed by atoms with Crippen LogP contribution in [0.3, 0.4) is 0 Å². The van der Waals surface area contributed by atoms with Gasteiger partial charge in [-0.2, -0.15) is 0 Å². The van der Waals surface area contributed by atoms with Gasteiger partial charge in [-0.25, -0.2) is 0 Å². The monoisotopic (exact) mass is 424 g/mol. The van der Waals surface area contributed by atoms with Crippen molar-refractivity contribution in [3.63, 3.8) is 0 Å². The minimum absolute atomic E-state index is 0.252. The van der Waals surface area contributed by atoms with Crippen molar-refractivity contribution in [2.45, 2.75) is 39.3 Å². The van der Waals surface area contributed by atoms with E-state index < -0.39 is 5.60 Å². The molecule has 5 heteroatoms. The predicted molar refractivity (Wildman–Crippen MR) is 125 cm³/mol. The molecule has 0 atom stereocenters. The van der Waals surface area contributed by atoms with E-state index in [0.717, 1.165) is 48.9 Å². The first-order valence-electron chi connectivity index (χ1n) is 11.2. The standard InChI is InChI=1S/C26H36N2O3/c1-24(2)23(25(3,4)26(24,29)19-10-8-7-9-11-19)28-16-14-27(15-17-28)21-13-12-20(30-5)18-22(21)31-6/h7-13,18,23,29H,14-17H2,1-6H3. The third kappa shape index (κ3) is 3.13. The average Bonchev–Trinajstić information content (AvgIpc) is 2.78. The number of nitrogens with zero attached hydrogens (tertiary/aromatic N) is 2. The van der Waals surface area contributed by atoms with Crippen molar-refractivity contribution in [1.82, 2.24) is 4.90 Å². The zero-order chi connectivity index (χ0) is 22.4. The smallest absolute Gasteiger partial charge is 0.145 e. The second-order valence-corrected chi connectivity index (χ2v) is 9.98. The van der Waals surface area contributed by atoms with Crippen LogP contribution in [-0.2, 0) is 5.60 Å². The number of hydrogen-bond donors (Lipinski definition) is 1. The van der Waals surface area contributed by atoms with E-state index in [4.69, 9.17) is 9.47 Å². The van der Waals surface area contributed by atoms with E-state index in [1.54, 1.807) is 14.2 Å². The van der Waals surface area contributed by atoms with Crippen molar-refractivity contribution in [3.05, 3.63) is 54.1 Å². The molecule has 2 aromatic carbocycles. The summed E-state index contributed by atoms with van der Waals surface area (Å²) in [6.45, 7) is 12.6. The zero-order valence-corrected chi connectivity index (χ0v) is 19.7. The SMILES string of the molecule is COc1ccc(N2CCN(C3C(C)(C)C(O)(c4ccccc4)C3(C)C)CC2)c(OC)c1. The summed E-state index contributed by atoms with van der Waals surface area (Å²) in [6.07, 6.45) is 0. The number of anilines is 1. The lowest BCUT2D eigenvalue weighted by molar-refractivity contribution is -0.307. The molecule has 1 saturated heterocycles. The van der Waals surface area contributed by atoms with E-state index >= 15 is 0 Å². The highest BCUT2D eigenvalue weighted by Gasteiger charge is 2.73. The first-order chi connectivity index (χ1) is 14.7. The van der Waals surface area contributed by atoms with E-state index in [1.807, 2.05) is 30.3 Å². The van der Waals surface area contributed by atoms with Crippen molar-refractivity contribution in [2.24, 2.45) is 10.8 Å². The Bertz CT molecular complexity index is 902. The summed E-state index contributed by atoms with van der Waals surface area (Å²) >= 11 is 0. The number of aliphatic hydroxyl groups is 1. The Kier molecular flexibility index (Phi) is 5.47. The first-order valence-corrected chi connectivity index (χ1v) is 11.2. The van der Waals surface area contributed by atoms with Crippen LogP contribution in [0.15, 0.2) is 48.5 Å². The van der Waals surface area contributed by atoms with E-state index in [-0.39, 0.29) is 10.8 Å².